The number of rotatable bonds is 15. The van der Waals surface area contributed by atoms with E-state index in [0.29, 0.717) is 18.7 Å². The van der Waals surface area contributed by atoms with E-state index in [1.807, 2.05) is 24.3 Å². The molecule has 0 saturated carbocycles. The van der Waals surface area contributed by atoms with Crippen molar-refractivity contribution in [1.82, 2.24) is 10.2 Å². The molecule has 0 bridgehead atoms. The van der Waals surface area contributed by atoms with Crippen molar-refractivity contribution < 1.29 is 27.1 Å². The van der Waals surface area contributed by atoms with Crippen LogP contribution in [0.25, 0.3) is 0 Å². The fourth-order valence-corrected chi connectivity index (χ4v) is 4.74. The molecule has 2 N–H and O–H groups in total. The molecule has 0 fully saturated rings. The molecule has 0 heterocycles. The van der Waals surface area contributed by atoms with Crippen LogP contribution in [0.3, 0.4) is 0 Å². The Bertz CT molecular complexity index is 1070. The number of amides is 1. The Kier molecular flexibility index (Phi) is 10.6. The number of carbonyl (C=O) groups excluding carboxylic acids is 1. The summed E-state index contributed by atoms with van der Waals surface area (Å²) >= 11 is 0. The average molecular weight is 536 g/mol. The first-order valence-electron chi connectivity index (χ1n) is 13.2. The number of hydrogen-bond donors (Lipinski definition) is 2. The minimum absolute atomic E-state index is 0.135. The summed E-state index contributed by atoms with van der Waals surface area (Å²) in [4.78, 5) is 14.1. The van der Waals surface area contributed by atoms with Crippen LogP contribution in [0.5, 0.6) is 5.75 Å². The zero-order valence-electron chi connectivity index (χ0n) is 22.0. The number of anilines is 1. The highest BCUT2D eigenvalue weighted by molar-refractivity contribution is 5.83. The number of alkyl halides is 3. The van der Waals surface area contributed by atoms with Gasteiger partial charge in [-0.1, -0.05) is 43.7 Å². The molecule has 1 aliphatic rings. The topological polar surface area (TPSA) is 53.6 Å². The van der Waals surface area contributed by atoms with Crippen molar-refractivity contribution in [2.75, 3.05) is 38.1 Å². The first-order valence-corrected chi connectivity index (χ1v) is 13.2. The monoisotopic (exact) mass is 535 g/mol. The maximum atomic E-state index is 13.3. The van der Waals surface area contributed by atoms with Crippen LogP contribution in [0.1, 0.15) is 45.1 Å². The van der Waals surface area contributed by atoms with E-state index in [1.54, 1.807) is 6.08 Å². The summed E-state index contributed by atoms with van der Waals surface area (Å²) in [6.45, 7) is 8.58. The number of hydrogen-bond acceptors (Lipinski definition) is 4. The molecule has 1 amide bonds. The fourth-order valence-electron chi connectivity index (χ4n) is 4.74. The van der Waals surface area contributed by atoms with Crippen molar-refractivity contribution in [3.63, 3.8) is 0 Å². The van der Waals surface area contributed by atoms with E-state index < -0.39 is 23.4 Å². The molecule has 0 saturated heterocycles. The average Bonchev–Trinajstić information content (AvgIpc) is 2.85. The highest BCUT2D eigenvalue weighted by atomic mass is 19.4. The summed E-state index contributed by atoms with van der Waals surface area (Å²) in [7, 11) is 0. The standard InChI is InChI=1S/C29H37F4N3O2/c1-3-13-36(14-4-2)15-6-16-38-26-8-5-7-25(17-26)34-21-23-19-28(20-23,35-27(37)29(31,32)33)18-22-9-11-24(30)12-10-22/h5,7-12,17,19,34H,3-4,6,13-16,18,20-21H2,1-2H3,(H,35,37). The number of benzene rings is 2. The Morgan fingerprint density at radius 1 is 1.05 bits per heavy atom. The zero-order chi connectivity index (χ0) is 27.6. The lowest BCUT2D eigenvalue weighted by molar-refractivity contribution is -0.175. The van der Waals surface area contributed by atoms with Gasteiger partial charge in [-0.05, 0) is 75.0 Å². The van der Waals surface area contributed by atoms with Gasteiger partial charge in [0, 0.05) is 24.8 Å². The SMILES string of the molecule is CCCN(CCC)CCCOc1cccc(NCC2=CC(Cc3ccc(F)cc3)(NC(=O)C(F)(F)F)C2)c1. The Hall–Kier alpha value is -3.07. The minimum atomic E-state index is -4.98. The minimum Gasteiger partial charge on any atom is -0.493 e. The Morgan fingerprint density at radius 2 is 1.74 bits per heavy atom. The van der Waals surface area contributed by atoms with Gasteiger partial charge in [0.2, 0.25) is 0 Å². The molecule has 1 aliphatic carbocycles. The van der Waals surface area contributed by atoms with Gasteiger partial charge in [-0.3, -0.25) is 4.79 Å². The zero-order valence-corrected chi connectivity index (χ0v) is 22.0. The van der Waals surface area contributed by atoms with E-state index in [1.165, 1.54) is 24.3 Å². The molecule has 0 spiro atoms. The predicted octanol–water partition coefficient (Wildman–Crippen LogP) is 6.12. The molecule has 9 heteroatoms. The maximum absolute atomic E-state index is 13.3. The smallest absolute Gasteiger partial charge is 0.471 e. The fraction of sp³-hybridized carbons (Fsp3) is 0.483. The Morgan fingerprint density at radius 3 is 2.37 bits per heavy atom. The molecule has 38 heavy (non-hydrogen) atoms. The van der Waals surface area contributed by atoms with Crippen molar-refractivity contribution in [3.8, 4) is 5.75 Å². The summed E-state index contributed by atoms with van der Waals surface area (Å²) in [5.41, 5.74) is 1.16. The molecule has 0 radical (unpaired) electrons. The first-order chi connectivity index (χ1) is 18.1. The van der Waals surface area contributed by atoms with Gasteiger partial charge in [0.25, 0.3) is 0 Å². The summed E-state index contributed by atoms with van der Waals surface area (Å²) in [5.74, 6) is -1.67. The van der Waals surface area contributed by atoms with Crippen molar-refractivity contribution >= 4 is 11.6 Å². The highest BCUT2D eigenvalue weighted by Crippen LogP contribution is 2.35. The second-order valence-electron chi connectivity index (χ2n) is 9.82. The van der Waals surface area contributed by atoms with Gasteiger partial charge in [-0.25, -0.2) is 4.39 Å². The van der Waals surface area contributed by atoms with Crippen LogP contribution in [-0.2, 0) is 11.2 Å². The van der Waals surface area contributed by atoms with Crippen LogP contribution in [0.2, 0.25) is 0 Å². The van der Waals surface area contributed by atoms with Crippen LogP contribution < -0.4 is 15.4 Å². The number of carbonyl (C=O) groups is 1. The van der Waals surface area contributed by atoms with Gasteiger partial charge in [0.05, 0.1) is 12.1 Å². The molecule has 1 unspecified atom stereocenters. The second-order valence-corrected chi connectivity index (χ2v) is 9.82. The summed E-state index contributed by atoms with van der Waals surface area (Å²) in [5, 5.41) is 5.42. The molecule has 2 aromatic carbocycles. The Labute approximate surface area is 222 Å². The molecular formula is C29H37F4N3O2. The quantitative estimate of drug-likeness (QED) is 0.164. The van der Waals surface area contributed by atoms with Crippen LogP contribution in [0.15, 0.2) is 60.2 Å². The largest absolute Gasteiger partial charge is 0.493 e. The number of halogens is 4. The van der Waals surface area contributed by atoms with Crippen LogP contribution in [-0.4, -0.2) is 55.3 Å². The number of ether oxygens (including phenoxy) is 1. The summed E-state index contributed by atoms with van der Waals surface area (Å²) < 4.78 is 58.0. The lowest BCUT2D eigenvalue weighted by Crippen LogP contribution is -2.57. The van der Waals surface area contributed by atoms with Gasteiger partial charge in [0.15, 0.2) is 0 Å². The van der Waals surface area contributed by atoms with E-state index in [2.05, 4.69) is 29.4 Å². The lowest BCUT2D eigenvalue weighted by Gasteiger charge is -2.41. The molecule has 208 valence electrons. The van der Waals surface area contributed by atoms with Gasteiger partial charge < -0.3 is 20.3 Å². The Balaban J connectivity index is 1.55. The number of nitrogens with zero attached hydrogens (tertiary/aromatic N) is 1. The van der Waals surface area contributed by atoms with Gasteiger partial charge in [-0.2, -0.15) is 13.2 Å². The summed E-state index contributed by atoms with van der Waals surface area (Å²) in [6, 6.07) is 13.1. The maximum Gasteiger partial charge on any atom is 0.471 e. The van der Waals surface area contributed by atoms with Crippen LogP contribution in [0.4, 0.5) is 23.2 Å². The van der Waals surface area contributed by atoms with Crippen molar-refractivity contribution in [1.29, 1.82) is 0 Å². The highest BCUT2D eigenvalue weighted by Gasteiger charge is 2.46. The van der Waals surface area contributed by atoms with Crippen molar-refractivity contribution in [2.45, 2.75) is 57.7 Å². The summed E-state index contributed by atoms with van der Waals surface area (Å²) in [6.07, 6.45) is 0.260. The lowest BCUT2D eigenvalue weighted by atomic mass is 9.74. The molecular weight excluding hydrogens is 498 g/mol. The van der Waals surface area contributed by atoms with E-state index >= 15 is 0 Å². The third-order valence-corrected chi connectivity index (χ3v) is 6.40. The molecule has 0 aromatic heterocycles. The van der Waals surface area contributed by atoms with E-state index in [9.17, 15) is 22.4 Å². The molecule has 3 rings (SSSR count). The van der Waals surface area contributed by atoms with E-state index in [0.717, 1.165) is 55.9 Å². The van der Waals surface area contributed by atoms with Crippen LogP contribution >= 0.6 is 0 Å². The van der Waals surface area contributed by atoms with Crippen molar-refractivity contribution in [3.05, 3.63) is 71.6 Å². The van der Waals surface area contributed by atoms with E-state index in [-0.39, 0.29) is 12.8 Å². The van der Waals surface area contributed by atoms with Gasteiger partial charge >= 0.3 is 12.1 Å². The normalized spacial score (nSPS) is 17.1. The molecule has 2 aromatic rings. The van der Waals surface area contributed by atoms with Gasteiger partial charge in [0.1, 0.15) is 11.6 Å². The predicted molar refractivity (Wildman–Crippen MR) is 142 cm³/mol. The van der Waals surface area contributed by atoms with Crippen LogP contribution in [0, 0.1) is 5.82 Å². The third-order valence-electron chi connectivity index (χ3n) is 6.40. The molecule has 5 nitrogen and oxygen atoms in total. The van der Waals surface area contributed by atoms with Gasteiger partial charge in [-0.15, -0.1) is 0 Å². The second kappa shape index (κ2) is 13.6. The first kappa shape index (κ1) is 29.5. The van der Waals surface area contributed by atoms with Crippen molar-refractivity contribution in [2.24, 2.45) is 0 Å². The third kappa shape index (κ3) is 9.04. The number of nitrogens with one attached hydrogen (secondary N) is 2. The molecule has 0 aliphatic heterocycles. The molecule has 1 atom stereocenters. The van der Waals surface area contributed by atoms with E-state index in [4.69, 9.17) is 4.74 Å².